The SMILES string of the molecule is c1ccc(-c2ccccc2-c2nc(-c3ccc(-c4cc(-c5cccc(-c6cccc7c6oc6ccccc67)c5)c5ccccc5c4)cc3)nc(-c3ccccc3-c3ccccc3)n2)cc1. The van der Waals surface area contributed by atoms with Gasteiger partial charge in [-0.15, -0.1) is 0 Å². The van der Waals surface area contributed by atoms with Crippen molar-refractivity contribution in [1.82, 2.24) is 15.0 Å². The number of hydrogen-bond acceptors (Lipinski definition) is 4. The van der Waals surface area contributed by atoms with E-state index < -0.39 is 0 Å². The average molecular weight is 830 g/mol. The smallest absolute Gasteiger partial charge is 0.164 e. The van der Waals surface area contributed by atoms with Crippen LogP contribution in [0.2, 0.25) is 0 Å². The Bertz CT molecular complexity index is 3610. The second kappa shape index (κ2) is 16.2. The minimum atomic E-state index is 0.609. The van der Waals surface area contributed by atoms with Crippen molar-refractivity contribution in [2.45, 2.75) is 0 Å². The highest BCUT2D eigenvalue weighted by molar-refractivity contribution is 6.10. The van der Waals surface area contributed by atoms with E-state index in [4.69, 9.17) is 19.4 Å². The van der Waals surface area contributed by atoms with E-state index in [1.165, 1.54) is 16.3 Å². The Labute approximate surface area is 376 Å². The molecule has 4 nitrogen and oxygen atoms in total. The molecule has 12 rings (SSSR count). The number of nitrogens with zero attached hydrogens (tertiary/aromatic N) is 3. The zero-order chi connectivity index (χ0) is 43.1. The minimum Gasteiger partial charge on any atom is -0.455 e. The zero-order valence-corrected chi connectivity index (χ0v) is 35.3. The molecule has 0 aliphatic rings. The Balaban J connectivity index is 0.963. The van der Waals surface area contributed by atoms with Crippen LogP contribution >= 0.6 is 0 Å². The third-order valence-electron chi connectivity index (χ3n) is 12.4. The van der Waals surface area contributed by atoms with Gasteiger partial charge in [0.25, 0.3) is 0 Å². The summed E-state index contributed by atoms with van der Waals surface area (Å²) in [4.78, 5) is 15.7. The molecule has 2 heterocycles. The molecule has 65 heavy (non-hydrogen) atoms. The van der Waals surface area contributed by atoms with Crippen LogP contribution in [0.25, 0.3) is 123 Å². The van der Waals surface area contributed by atoms with E-state index in [2.05, 4.69) is 200 Å². The molecule has 0 spiro atoms. The summed E-state index contributed by atoms with van der Waals surface area (Å²) in [5.41, 5.74) is 15.6. The molecule has 12 aromatic rings. The summed E-state index contributed by atoms with van der Waals surface area (Å²) in [6.07, 6.45) is 0. The van der Waals surface area contributed by atoms with Crippen LogP contribution in [0.5, 0.6) is 0 Å². The van der Waals surface area contributed by atoms with Gasteiger partial charge in [0, 0.05) is 33.0 Å². The summed E-state index contributed by atoms with van der Waals surface area (Å²) < 4.78 is 6.46. The van der Waals surface area contributed by atoms with Gasteiger partial charge in [0.05, 0.1) is 0 Å². The summed E-state index contributed by atoms with van der Waals surface area (Å²) >= 11 is 0. The normalized spacial score (nSPS) is 11.4. The molecule has 2 aromatic heterocycles. The molecule has 0 saturated heterocycles. The van der Waals surface area contributed by atoms with Crippen LogP contribution in [-0.4, -0.2) is 15.0 Å². The van der Waals surface area contributed by atoms with E-state index in [0.717, 1.165) is 88.7 Å². The van der Waals surface area contributed by atoms with Crippen LogP contribution in [0.1, 0.15) is 0 Å². The van der Waals surface area contributed by atoms with E-state index in [9.17, 15) is 0 Å². The van der Waals surface area contributed by atoms with Gasteiger partial charge in [-0.2, -0.15) is 0 Å². The van der Waals surface area contributed by atoms with Crippen molar-refractivity contribution in [3.63, 3.8) is 0 Å². The van der Waals surface area contributed by atoms with Crippen molar-refractivity contribution in [1.29, 1.82) is 0 Å². The van der Waals surface area contributed by atoms with Gasteiger partial charge in [-0.05, 0) is 85.1 Å². The third-order valence-corrected chi connectivity index (χ3v) is 12.4. The van der Waals surface area contributed by atoms with Crippen molar-refractivity contribution in [3.8, 4) is 89.8 Å². The molecule has 0 N–H and O–H groups in total. The second-order valence-corrected chi connectivity index (χ2v) is 16.3. The van der Waals surface area contributed by atoms with Crippen molar-refractivity contribution >= 4 is 32.7 Å². The second-order valence-electron chi connectivity index (χ2n) is 16.3. The van der Waals surface area contributed by atoms with Crippen molar-refractivity contribution in [3.05, 3.63) is 237 Å². The lowest BCUT2D eigenvalue weighted by Gasteiger charge is -2.14. The summed E-state index contributed by atoms with van der Waals surface area (Å²) in [5, 5.41) is 4.62. The molecule has 0 unspecified atom stereocenters. The Morgan fingerprint density at radius 3 is 1.40 bits per heavy atom. The fourth-order valence-corrected chi connectivity index (χ4v) is 9.20. The fourth-order valence-electron chi connectivity index (χ4n) is 9.20. The number of fused-ring (bicyclic) bond motifs is 4. The highest BCUT2D eigenvalue weighted by Gasteiger charge is 2.19. The molecule has 10 aromatic carbocycles. The summed E-state index contributed by atoms with van der Waals surface area (Å²) in [6, 6.07) is 82.9. The lowest BCUT2D eigenvalue weighted by atomic mass is 9.91. The quantitative estimate of drug-likeness (QED) is 0.153. The van der Waals surface area contributed by atoms with E-state index in [0.29, 0.717) is 17.5 Å². The highest BCUT2D eigenvalue weighted by atomic mass is 16.3. The van der Waals surface area contributed by atoms with Crippen molar-refractivity contribution in [2.24, 2.45) is 0 Å². The van der Waals surface area contributed by atoms with E-state index in [-0.39, 0.29) is 0 Å². The Morgan fingerprint density at radius 2 is 0.723 bits per heavy atom. The van der Waals surface area contributed by atoms with Gasteiger partial charge in [0.15, 0.2) is 17.5 Å². The molecule has 0 aliphatic carbocycles. The first-order valence-corrected chi connectivity index (χ1v) is 21.9. The van der Waals surface area contributed by atoms with Crippen LogP contribution in [0, 0.1) is 0 Å². The van der Waals surface area contributed by atoms with Gasteiger partial charge in [-0.25, -0.2) is 15.0 Å². The average Bonchev–Trinajstić information content (AvgIpc) is 3.78. The highest BCUT2D eigenvalue weighted by Crippen LogP contribution is 2.40. The van der Waals surface area contributed by atoms with Gasteiger partial charge in [-0.1, -0.05) is 212 Å². The molecule has 0 atom stereocenters. The number of aromatic nitrogens is 3. The molecular formula is C61H39N3O. The van der Waals surface area contributed by atoms with E-state index >= 15 is 0 Å². The standard InChI is InChI=1S/C61H39N3O/c1-3-17-41(18-4-1)48-24-9-11-28-54(48)60-62-59(63-61(64-60)55-29-12-10-25-49(55)42-19-5-2-6-20-42)43-35-33-40(34-36-43)47-38-44-21-7-8-26-50(44)56(39-47)46-23-15-22-45(37-46)51-30-16-31-53-52-27-13-14-32-57(52)65-58(51)53/h1-39H. The first-order valence-electron chi connectivity index (χ1n) is 21.9. The topological polar surface area (TPSA) is 51.8 Å². The van der Waals surface area contributed by atoms with Gasteiger partial charge >= 0.3 is 0 Å². The summed E-state index contributed by atoms with van der Waals surface area (Å²) in [7, 11) is 0. The Hall–Kier alpha value is -8.73. The fraction of sp³-hybridized carbons (Fsp3) is 0. The van der Waals surface area contributed by atoms with Crippen LogP contribution in [0.3, 0.4) is 0 Å². The molecule has 0 aliphatic heterocycles. The molecule has 4 heteroatoms. The maximum absolute atomic E-state index is 6.46. The van der Waals surface area contributed by atoms with Gasteiger partial charge in [-0.3, -0.25) is 0 Å². The molecule has 0 amide bonds. The first kappa shape index (κ1) is 38.0. The third kappa shape index (κ3) is 7.04. The van der Waals surface area contributed by atoms with Crippen molar-refractivity contribution < 1.29 is 4.42 Å². The number of rotatable bonds is 8. The van der Waals surface area contributed by atoms with E-state index in [1.807, 2.05) is 36.4 Å². The zero-order valence-electron chi connectivity index (χ0n) is 35.3. The molecular weight excluding hydrogens is 791 g/mol. The van der Waals surface area contributed by atoms with Crippen molar-refractivity contribution in [2.75, 3.05) is 0 Å². The lowest BCUT2D eigenvalue weighted by Crippen LogP contribution is -2.02. The maximum atomic E-state index is 6.46. The van der Waals surface area contributed by atoms with Gasteiger partial charge < -0.3 is 4.42 Å². The molecule has 0 saturated carbocycles. The molecule has 0 fully saturated rings. The number of hydrogen-bond donors (Lipinski definition) is 0. The Kier molecular flexibility index (Phi) is 9.46. The van der Waals surface area contributed by atoms with Gasteiger partial charge in [0.2, 0.25) is 0 Å². The number of para-hydroxylation sites is 2. The summed E-state index contributed by atoms with van der Waals surface area (Å²) in [6.45, 7) is 0. The predicted octanol–water partition coefficient (Wildman–Crippen LogP) is 16.3. The minimum absolute atomic E-state index is 0.609. The number of benzene rings is 10. The lowest BCUT2D eigenvalue weighted by molar-refractivity contribution is 0.670. The molecule has 0 bridgehead atoms. The Morgan fingerprint density at radius 1 is 0.246 bits per heavy atom. The first-order chi connectivity index (χ1) is 32.2. The monoisotopic (exact) mass is 829 g/mol. The van der Waals surface area contributed by atoms with Crippen LogP contribution in [0.4, 0.5) is 0 Å². The van der Waals surface area contributed by atoms with Crippen LogP contribution in [0.15, 0.2) is 241 Å². The molecule has 0 radical (unpaired) electrons. The van der Waals surface area contributed by atoms with Crippen LogP contribution < -0.4 is 0 Å². The summed E-state index contributed by atoms with van der Waals surface area (Å²) in [5.74, 6) is 1.85. The molecule has 304 valence electrons. The number of furan rings is 1. The predicted molar refractivity (Wildman–Crippen MR) is 268 cm³/mol. The van der Waals surface area contributed by atoms with Crippen LogP contribution in [-0.2, 0) is 0 Å². The maximum Gasteiger partial charge on any atom is 0.164 e. The van der Waals surface area contributed by atoms with Gasteiger partial charge in [0.1, 0.15) is 11.2 Å². The van der Waals surface area contributed by atoms with E-state index in [1.54, 1.807) is 0 Å². The largest absolute Gasteiger partial charge is 0.455 e.